The molecule has 0 saturated carbocycles. The molecule has 0 spiro atoms. The van der Waals surface area contributed by atoms with Gasteiger partial charge in [-0.2, -0.15) is 17.9 Å². The fourth-order valence-corrected chi connectivity index (χ4v) is 2.98. The highest BCUT2D eigenvalue weighted by Gasteiger charge is 2.30. The molecule has 2 aromatic heterocycles. The van der Waals surface area contributed by atoms with Gasteiger partial charge in [-0.1, -0.05) is 12.1 Å². The summed E-state index contributed by atoms with van der Waals surface area (Å²) < 4.78 is 48.8. The molecule has 0 atom stereocenters. The van der Waals surface area contributed by atoms with Gasteiger partial charge in [0.05, 0.1) is 23.4 Å². The van der Waals surface area contributed by atoms with Gasteiger partial charge >= 0.3 is 17.9 Å². The van der Waals surface area contributed by atoms with Gasteiger partial charge < -0.3 is 14.5 Å². The molecule has 0 saturated heterocycles. The molecule has 3 rings (SSSR count). The molecule has 0 aliphatic carbocycles. The molecule has 1 aromatic carbocycles. The quantitative estimate of drug-likeness (QED) is 0.565. The first-order chi connectivity index (χ1) is 14.2. The first kappa shape index (κ1) is 21.3. The van der Waals surface area contributed by atoms with Gasteiger partial charge in [-0.15, -0.1) is 16.4 Å². The molecule has 12 heteroatoms. The minimum atomic E-state index is -4.55. The Kier molecular flexibility index (Phi) is 6.35. The van der Waals surface area contributed by atoms with Crippen LogP contribution in [0.4, 0.5) is 18.9 Å². The summed E-state index contributed by atoms with van der Waals surface area (Å²) in [6, 6.07) is 7.54. The molecule has 3 aromatic rings. The van der Waals surface area contributed by atoms with E-state index in [1.54, 1.807) is 17.5 Å². The molecule has 2 heterocycles. The number of aryl methyl sites for hydroxylation is 1. The van der Waals surface area contributed by atoms with Crippen LogP contribution < -0.4 is 11.1 Å². The van der Waals surface area contributed by atoms with Crippen molar-refractivity contribution >= 4 is 28.9 Å². The number of ether oxygens (including phenoxy) is 1. The van der Waals surface area contributed by atoms with E-state index in [2.05, 4.69) is 10.4 Å². The highest BCUT2D eigenvalue weighted by Crippen LogP contribution is 2.30. The van der Waals surface area contributed by atoms with E-state index < -0.39 is 36.0 Å². The fraction of sp³-hybridized carbons (Fsp3) is 0.222. The van der Waals surface area contributed by atoms with Crippen LogP contribution in [0.1, 0.15) is 12.0 Å². The number of carbonyl (C=O) groups is 2. The number of hydrogen-bond acceptors (Lipinski definition) is 7. The Hall–Kier alpha value is -3.41. The second-order valence-corrected chi connectivity index (χ2v) is 6.86. The third-order valence-corrected chi connectivity index (χ3v) is 4.56. The van der Waals surface area contributed by atoms with Crippen molar-refractivity contribution in [2.24, 2.45) is 0 Å². The first-order valence-electron chi connectivity index (χ1n) is 8.47. The Morgan fingerprint density at radius 1 is 1.23 bits per heavy atom. The zero-order chi connectivity index (χ0) is 21.7. The number of hydrogen-bond donors (Lipinski definition) is 1. The molecule has 8 nitrogen and oxygen atoms in total. The number of esters is 1. The number of anilines is 1. The van der Waals surface area contributed by atoms with Gasteiger partial charge in [-0.05, 0) is 29.6 Å². The lowest BCUT2D eigenvalue weighted by Crippen LogP contribution is -2.23. The molecule has 0 aliphatic rings. The third kappa shape index (κ3) is 5.56. The molecule has 0 radical (unpaired) electrons. The van der Waals surface area contributed by atoms with E-state index in [4.69, 9.17) is 9.15 Å². The summed E-state index contributed by atoms with van der Waals surface area (Å²) in [4.78, 5) is 36.0. The maximum atomic E-state index is 12.7. The fourth-order valence-electron chi connectivity index (χ4n) is 2.33. The number of rotatable bonds is 7. The van der Waals surface area contributed by atoms with Crippen LogP contribution in [0, 0.1) is 0 Å². The minimum Gasteiger partial charge on any atom is -0.456 e. The highest BCUT2D eigenvalue weighted by molar-refractivity contribution is 7.13. The molecule has 0 unspecified atom stereocenters. The number of aromatic nitrogens is 2. The van der Waals surface area contributed by atoms with Crippen LogP contribution in [-0.2, 0) is 27.0 Å². The van der Waals surface area contributed by atoms with E-state index in [1.807, 2.05) is 0 Å². The summed E-state index contributed by atoms with van der Waals surface area (Å²) >= 11 is 1.33. The second-order valence-electron chi connectivity index (χ2n) is 5.91. The maximum absolute atomic E-state index is 12.7. The van der Waals surface area contributed by atoms with E-state index in [9.17, 15) is 27.6 Å². The molecule has 0 bridgehead atoms. The summed E-state index contributed by atoms with van der Waals surface area (Å²) in [6.07, 6.45) is -4.80. The van der Waals surface area contributed by atoms with Gasteiger partial charge in [0.15, 0.2) is 6.61 Å². The third-order valence-electron chi connectivity index (χ3n) is 3.70. The van der Waals surface area contributed by atoms with Gasteiger partial charge in [-0.25, -0.2) is 4.79 Å². The number of benzene rings is 1. The number of nitrogens with one attached hydrogen (secondary N) is 1. The molecular formula is C18H14F3N3O5S. The molecule has 0 aliphatic heterocycles. The minimum absolute atomic E-state index is 0.0823. The topological polar surface area (TPSA) is 103 Å². The zero-order valence-electron chi connectivity index (χ0n) is 15.1. The molecular weight excluding hydrogens is 427 g/mol. The van der Waals surface area contributed by atoms with Gasteiger partial charge in [0.1, 0.15) is 0 Å². The Morgan fingerprint density at radius 3 is 2.73 bits per heavy atom. The van der Waals surface area contributed by atoms with E-state index in [1.165, 1.54) is 17.4 Å². The lowest BCUT2D eigenvalue weighted by molar-refractivity contribution is -0.147. The van der Waals surface area contributed by atoms with E-state index >= 15 is 0 Å². The van der Waals surface area contributed by atoms with Crippen molar-refractivity contribution in [3.05, 3.63) is 57.9 Å². The Morgan fingerprint density at radius 2 is 2.03 bits per heavy atom. The zero-order valence-corrected chi connectivity index (χ0v) is 16.0. The SMILES string of the molecule is O=C(COC(=O)CCn1nc(-c2cccs2)oc1=O)Nc1cccc(C(F)(F)F)c1. The van der Waals surface area contributed by atoms with Crippen LogP contribution in [-0.4, -0.2) is 28.3 Å². The monoisotopic (exact) mass is 441 g/mol. The van der Waals surface area contributed by atoms with Crippen molar-refractivity contribution in [3.63, 3.8) is 0 Å². The smallest absolute Gasteiger partial charge is 0.437 e. The van der Waals surface area contributed by atoms with Crippen LogP contribution in [0.15, 0.2) is 51.0 Å². The maximum Gasteiger partial charge on any atom is 0.437 e. The lowest BCUT2D eigenvalue weighted by atomic mass is 10.2. The van der Waals surface area contributed by atoms with Crippen LogP contribution in [0.3, 0.4) is 0 Å². The Labute approximate surface area is 170 Å². The van der Waals surface area contributed by atoms with Crippen LogP contribution >= 0.6 is 11.3 Å². The van der Waals surface area contributed by atoms with Gasteiger partial charge in [-0.3, -0.25) is 9.59 Å². The van der Waals surface area contributed by atoms with Crippen molar-refractivity contribution < 1.29 is 31.9 Å². The number of thiophene rings is 1. The number of nitrogens with zero attached hydrogens (tertiary/aromatic N) is 2. The number of halogens is 3. The average Bonchev–Trinajstić information content (AvgIpc) is 3.34. The predicted molar refractivity (Wildman–Crippen MR) is 99.7 cm³/mol. The lowest BCUT2D eigenvalue weighted by Gasteiger charge is -2.10. The Bertz CT molecular complexity index is 1090. The van der Waals surface area contributed by atoms with Crippen molar-refractivity contribution in [1.82, 2.24) is 9.78 Å². The van der Waals surface area contributed by atoms with Crippen molar-refractivity contribution in [3.8, 4) is 10.8 Å². The first-order valence-corrected chi connectivity index (χ1v) is 9.35. The molecule has 1 amide bonds. The van der Waals surface area contributed by atoms with Gasteiger partial charge in [0, 0.05) is 5.69 Å². The highest BCUT2D eigenvalue weighted by atomic mass is 32.1. The van der Waals surface area contributed by atoms with Crippen molar-refractivity contribution in [2.45, 2.75) is 19.1 Å². The molecule has 1 N–H and O–H groups in total. The summed E-state index contributed by atoms with van der Waals surface area (Å²) in [5.41, 5.74) is -1.00. The predicted octanol–water partition coefficient (Wildman–Crippen LogP) is 3.16. The number of amides is 1. The molecule has 30 heavy (non-hydrogen) atoms. The summed E-state index contributed by atoms with van der Waals surface area (Å²) in [7, 11) is 0. The molecule has 158 valence electrons. The number of carbonyl (C=O) groups excluding carboxylic acids is 2. The summed E-state index contributed by atoms with van der Waals surface area (Å²) in [5.74, 6) is -2.21. The standard InChI is InChI=1S/C18H14F3N3O5S/c19-18(20,21)11-3-1-4-12(9-11)22-14(25)10-28-15(26)6-7-24-17(27)29-16(23-24)13-5-2-8-30-13/h1-5,8-9H,6-7,10H2,(H,22,25). The van der Waals surface area contributed by atoms with Gasteiger partial charge in [0.2, 0.25) is 0 Å². The van der Waals surface area contributed by atoms with E-state index in [0.29, 0.717) is 4.88 Å². The second kappa shape index (κ2) is 8.95. The molecule has 0 fully saturated rings. The Balaban J connectivity index is 1.47. The normalized spacial score (nSPS) is 11.3. The largest absolute Gasteiger partial charge is 0.456 e. The van der Waals surface area contributed by atoms with E-state index in [-0.39, 0.29) is 24.5 Å². The van der Waals surface area contributed by atoms with Crippen molar-refractivity contribution in [1.29, 1.82) is 0 Å². The average molecular weight is 441 g/mol. The van der Waals surface area contributed by atoms with Crippen molar-refractivity contribution in [2.75, 3.05) is 11.9 Å². The number of alkyl halides is 3. The van der Waals surface area contributed by atoms with Crippen LogP contribution in [0.25, 0.3) is 10.8 Å². The van der Waals surface area contributed by atoms with Crippen LogP contribution in [0.5, 0.6) is 0 Å². The summed E-state index contributed by atoms with van der Waals surface area (Å²) in [6.45, 7) is -0.814. The summed E-state index contributed by atoms with van der Waals surface area (Å²) in [5, 5.41) is 7.97. The van der Waals surface area contributed by atoms with Crippen LogP contribution in [0.2, 0.25) is 0 Å². The van der Waals surface area contributed by atoms with E-state index in [0.717, 1.165) is 22.9 Å². The van der Waals surface area contributed by atoms with Gasteiger partial charge in [0.25, 0.3) is 11.8 Å².